The highest BCUT2D eigenvalue weighted by Gasteiger charge is 2.27. The molecule has 106 valence electrons. The Morgan fingerprint density at radius 1 is 1.33 bits per heavy atom. The Morgan fingerprint density at radius 2 is 2.06 bits per heavy atom. The Balaban J connectivity index is 2.52. The fourth-order valence-corrected chi connectivity index (χ4v) is 2.49. The van der Waals surface area contributed by atoms with Crippen LogP contribution in [-0.4, -0.2) is 59.9 Å². The average molecular weight is 258 g/mol. The molecule has 0 bridgehead atoms. The smallest absolute Gasteiger partial charge is 0.222 e. The Bertz CT molecular complexity index is 245. The minimum absolute atomic E-state index is 0.00508. The van der Waals surface area contributed by atoms with Crippen LogP contribution in [-0.2, 0) is 4.79 Å². The van der Waals surface area contributed by atoms with Crippen LogP contribution in [0.1, 0.15) is 26.7 Å². The van der Waals surface area contributed by atoms with Crippen molar-refractivity contribution in [2.45, 2.75) is 32.7 Å². The highest BCUT2D eigenvalue weighted by Crippen LogP contribution is 2.19. The molecule has 1 aliphatic heterocycles. The van der Waals surface area contributed by atoms with Crippen LogP contribution in [0.2, 0.25) is 0 Å². The number of hydrogen-bond donors (Lipinski definition) is 3. The van der Waals surface area contributed by atoms with Gasteiger partial charge in [-0.2, -0.15) is 0 Å². The number of aliphatic hydroxyl groups excluding tert-OH is 2. The number of carbonyl (C=O) groups is 1. The van der Waals surface area contributed by atoms with Gasteiger partial charge in [0.2, 0.25) is 5.91 Å². The van der Waals surface area contributed by atoms with Crippen LogP contribution in [0.4, 0.5) is 0 Å². The number of nitrogens with zero attached hydrogens (tertiary/aromatic N) is 1. The van der Waals surface area contributed by atoms with Gasteiger partial charge in [0.25, 0.3) is 0 Å². The molecule has 2 atom stereocenters. The molecule has 0 aromatic heterocycles. The number of β-amino-alcohol motifs (C(OH)–C–C–N with tert-alkyl or cyclic N) is 1. The second kappa shape index (κ2) is 7.71. The van der Waals surface area contributed by atoms with Gasteiger partial charge in [-0.15, -0.1) is 0 Å². The van der Waals surface area contributed by atoms with Gasteiger partial charge in [0.1, 0.15) is 0 Å². The molecule has 2 unspecified atom stereocenters. The lowest BCUT2D eigenvalue weighted by atomic mass is 9.91. The van der Waals surface area contributed by atoms with Crippen LogP contribution >= 0.6 is 0 Å². The normalized spacial score (nSPS) is 25.4. The molecule has 0 radical (unpaired) electrons. The summed E-state index contributed by atoms with van der Waals surface area (Å²) in [6, 6.07) is 0.136. The molecule has 0 aromatic rings. The number of amides is 1. The Morgan fingerprint density at radius 3 is 2.61 bits per heavy atom. The minimum atomic E-state index is -0.00508. The number of rotatable bonds is 6. The second-order valence-corrected chi connectivity index (χ2v) is 5.46. The molecule has 0 saturated carbocycles. The van der Waals surface area contributed by atoms with Gasteiger partial charge < -0.3 is 15.5 Å². The molecule has 1 aliphatic rings. The van der Waals surface area contributed by atoms with E-state index in [1.807, 2.05) is 13.8 Å². The van der Waals surface area contributed by atoms with Crippen LogP contribution in [0.25, 0.3) is 0 Å². The van der Waals surface area contributed by atoms with E-state index in [-0.39, 0.29) is 31.1 Å². The summed E-state index contributed by atoms with van der Waals surface area (Å²) in [4.78, 5) is 13.9. The lowest BCUT2D eigenvalue weighted by Crippen LogP contribution is -2.52. The number of hydrogen-bond acceptors (Lipinski definition) is 4. The van der Waals surface area contributed by atoms with Crippen molar-refractivity contribution in [1.29, 1.82) is 0 Å². The zero-order valence-corrected chi connectivity index (χ0v) is 11.4. The molecule has 5 heteroatoms. The largest absolute Gasteiger partial charge is 0.396 e. The van der Waals surface area contributed by atoms with E-state index in [2.05, 4.69) is 10.2 Å². The third-order valence-corrected chi connectivity index (χ3v) is 3.44. The molecule has 1 rings (SSSR count). The van der Waals surface area contributed by atoms with Gasteiger partial charge in [-0.3, -0.25) is 9.69 Å². The van der Waals surface area contributed by atoms with Gasteiger partial charge in [-0.1, -0.05) is 13.8 Å². The Kier molecular flexibility index (Phi) is 6.60. The Labute approximate surface area is 109 Å². The van der Waals surface area contributed by atoms with Crippen molar-refractivity contribution in [1.82, 2.24) is 10.2 Å². The van der Waals surface area contributed by atoms with Crippen molar-refractivity contribution < 1.29 is 15.0 Å². The molecule has 1 heterocycles. The lowest BCUT2D eigenvalue weighted by Gasteiger charge is -2.38. The maximum atomic E-state index is 11.7. The molecule has 1 saturated heterocycles. The maximum absolute atomic E-state index is 11.7. The number of carbonyl (C=O) groups excluding carboxylic acids is 1. The van der Waals surface area contributed by atoms with Gasteiger partial charge in [-0.25, -0.2) is 0 Å². The van der Waals surface area contributed by atoms with Crippen LogP contribution in [0.5, 0.6) is 0 Å². The van der Waals surface area contributed by atoms with E-state index in [0.29, 0.717) is 12.5 Å². The number of aliphatic hydroxyl groups is 2. The monoisotopic (exact) mass is 258 g/mol. The number of nitrogens with one attached hydrogen (secondary N) is 1. The fourth-order valence-electron chi connectivity index (χ4n) is 2.49. The number of piperidine rings is 1. The summed E-state index contributed by atoms with van der Waals surface area (Å²) in [6.07, 6.45) is 1.68. The van der Waals surface area contributed by atoms with Gasteiger partial charge in [0, 0.05) is 38.2 Å². The van der Waals surface area contributed by atoms with Gasteiger partial charge in [-0.05, 0) is 18.8 Å². The maximum Gasteiger partial charge on any atom is 0.222 e. The van der Waals surface area contributed by atoms with E-state index in [0.717, 1.165) is 25.9 Å². The summed E-state index contributed by atoms with van der Waals surface area (Å²) in [7, 11) is 0. The molecule has 0 aliphatic carbocycles. The van der Waals surface area contributed by atoms with E-state index in [9.17, 15) is 4.79 Å². The SMILES string of the molecule is CC(C)C(=O)NC1CC(CCO)CN(CCO)C1. The molecule has 1 amide bonds. The molecule has 0 spiro atoms. The van der Waals surface area contributed by atoms with Gasteiger partial charge >= 0.3 is 0 Å². The molecular weight excluding hydrogens is 232 g/mol. The lowest BCUT2D eigenvalue weighted by molar-refractivity contribution is -0.125. The fraction of sp³-hybridized carbons (Fsp3) is 0.923. The third kappa shape index (κ3) is 4.92. The summed E-state index contributed by atoms with van der Waals surface area (Å²) < 4.78 is 0. The topological polar surface area (TPSA) is 72.8 Å². The van der Waals surface area contributed by atoms with E-state index in [4.69, 9.17) is 10.2 Å². The van der Waals surface area contributed by atoms with Crippen molar-refractivity contribution in [3.8, 4) is 0 Å². The van der Waals surface area contributed by atoms with Crippen molar-refractivity contribution in [3.05, 3.63) is 0 Å². The Hall–Kier alpha value is -0.650. The predicted molar refractivity (Wildman–Crippen MR) is 70.1 cm³/mol. The average Bonchev–Trinajstić information content (AvgIpc) is 2.29. The van der Waals surface area contributed by atoms with E-state index >= 15 is 0 Å². The summed E-state index contributed by atoms with van der Waals surface area (Å²) in [5.74, 6) is 0.468. The van der Waals surface area contributed by atoms with Gasteiger partial charge in [0.15, 0.2) is 0 Å². The van der Waals surface area contributed by atoms with E-state index in [1.54, 1.807) is 0 Å². The zero-order chi connectivity index (χ0) is 13.5. The zero-order valence-electron chi connectivity index (χ0n) is 11.4. The highest BCUT2D eigenvalue weighted by atomic mass is 16.3. The van der Waals surface area contributed by atoms with Crippen molar-refractivity contribution >= 4 is 5.91 Å². The van der Waals surface area contributed by atoms with Crippen LogP contribution in [0, 0.1) is 11.8 Å². The van der Waals surface area contributed by atoms with Crippen molar-refractivity contribution in [2.75, 3.05) is 32.8 Å². The predicted octanol–water partition coefficient (Wildman–Crippen LogP) is -0.176. The van der Waals surface area contributed by atoms with Crippen LogP contribution in [0.15, 0.2) is 0 Å². The van der Waals surface area contributed by atoms with E-state index < -0.39 is 0 Å². The first-order valence-electron chi connectivity index (χ1n) is 6.81. The highest BCUT2D eigenvalue weighted by molar-refractivity contribution is 5.78. The number of likely N-dealkylation sites (tertiary alicyclic amines) is 1. The second-order valence-electron chi connectivity index (χ2n) is 5.46. The molecule has 5 nitrogen and oxygen atoms in total. The summed E-state index contributed by atoms with van der Waals surface area (Å²) >= 11 is 0. The standard InChI is InChI=1S/C13H26N2O3/c1-10(2)13(18)14-12-7-11(3-5-16)8-15(9-12)4-6-17/h10-12,16-17H,3-9H2,1-2H3,(H,14,18). The van der Waals surface area contributed by atoms with E-state index in [1.165, 1.54) is 0 Å². The van der Waals surface area contributed by atoms with Crippen molar-refractivity contribution in [3.63, 3.8) is 0 Å². The summed E-state index contributed by atoms with van der Waals surface area (Å²) in [5, 5.41) is 21.1. The first-order valence-corrected chi connectivity index (χ1v) is 6.81. The molecule has 3 N–H and O–H groups in total. The quantitative estimate of drug-likeness (QED) is 0.618. The first-order chi connectivity index (χ1) is 8.56. The summed E-state index contributed by atoms with van der Waals surface area (Å²) in [5.41, 5.74) is 0. The van der Waals surface area contributed by atoms with Crippen molar-refractivity contribution in [2.24, 2.45) is 11.8 Å². The molecule has 1 fully saturated rings. The third-order valence-electron chi connectivity index (χ3n) is 3.44. The first kappa shape index (κ1) is 15.4. The summed E-state index contributed by atoms with van der Waals surface area (Å²) in [6.45, 7) is 6.41. The van der Waals surface area contributed by atoms with Crippen LogP contribution in [0.3, 0.4) is 0 Å². The molecular formula is C13H26N2O3. The molecule has 18 heavy (non-hydrogen) atoms. The minimum Gasteiger partial charge on any atom is -0.396 e. The molecule has 0 aromatic carbocycles. The van der Waals surface area contributed by atoms with Gasteiger partial charge in [0.05, 0.1) is 6.61 Å². The van der Waals surface area contributed by atoms with Crippen LogP contribution < -0.4 is 5.32 Å².